The van der Waals surface area contributed by atoms with Crippen LogP contribution >= 0.6 is 0 Å². The van der Waals surface area contributed by atoms with Crippen LogP contribution in [-0.2, 0) is 6.54 Å². The summed E-state index contributed by atoms with van der Waals surface area (Å²) in [5.41, 5.74) is 2.32. The summed E-state index contributed by atoms with van der Waals surface area (Å²) in [6.07, 6.45) is 5.85. The van der Waals surface area contributed by atoms with E-state index in [0.29, 0.717) is 0 Å². The van der Waals surface area contributed by atoms with E-state index in [1.165, 1.54) is 31.5 Å². The summed E-state index contributed by atoms with van der Waals surface area (Å²) in [6.45, 7) is 4.43. The highest BCUT2D eigenvalue weighted by atomic mass is 15.2. The molecule has 0 saturated heterocycles. The molecule has 0 atom stereocenters. The molecule has 0 bridgehead atoms. The van der Waals surface area contributed by atoms with Gasteiger partial charge < -0.3 is 5.32 Å². The van der Waals surface area contributed by atoms with Gasteiger partial charge in [-0.15, -0.1) is 0 Å². The second-order valence-electron chi connectivity index (χ2n) is 4.49. The quantitative estimate of drug-likeness (QED) is 0.796. The molecule has 1 aromatic rings. The van der Waals surface area contributed by atoms with Crippen molar-refractivity contribution in [1.82, 2.24) is 9.88 Å². The minimum Gasteiger partial charge on any atom is -0.388 e. The average molecular weight is 219 g/mol. The number of hydrogen-bond acceptors (Lipinski definition) is 3. The van der Waals surface area contributed by atoms with Crippen LogP contribution in [0.25, 0.3) is 0 Å². The van der Waals surface area contributed by atoms with Crippen molar-refractivity contribution in [1.29, 1.82) is 0 Å². The second kappa shape index (κ2) is 5.30. The van der Waals surface area contributed by atoms with Crippen LogP contribution in [0, 0.1) is 0 Å². The van der Waals surface area contributed by atoms with Crippen LogP contribution in [0.4, 0.5) is 5.69 Å². The van der Waals surface area contributed by atoms with Crippen LogP contribution < -0.4 is 5.32 Å². The maximum atomic E-state index is 4.44. The zero-order chi connectivity index (χ0) is 11.4. The Bertz CT molecular complexity index is 334. The van der Waals surface area contributed by atoms with Gasteiger partial charge in [-0.1, -0.05) is 6.92 Å². The van der Waals surface area contributed by atoms with Gasteiger partial charge in [0.2, 0.25) is 0 Å². The molecule has 88 valence electrons. The summed E-state index contributed by atoms with van der Waals surface area (Å²) in [6, 6.07) is 4.97. The van der Waals surface area contributed by atoms with Gasteiger partial charge in [-0.05, 0) is 37.9 Å². The highest BCUT2D eigenvalue weighted by Crippen LogP contribution is 2.28. The molecule has 0 aliphatic heterocycles. The topological polar surface area (TPSA) is 28.2 Å². The summed E-state index contributed by atoms with van der Waals surface area (Å²) < 4.78 is 0. The summed E-state index contributed by atoms with van der Waals surface area (Å²) >= 11 is 0. The van der Waals surface area contributed by atoms with E-state index in [1.807, 2.05) is 19.3 Å². The molecule has 1 saturated carbocycles. The number of nitrogens with one attached hydrogen (secondary N) is 1. The van der Waals surface area contributed by atoms with E-state index in [0.717, 1.165) is 18.3 Å². The lowest BCUT2D eigenvalue weighted by atomic mass is 10.3. The molecule has 1 aromatic heterocycles. The molecule has 1 aliphatic carbocycles. The van der Waals surface area contributed by atoms with Crippen molar-refractivity contribution in [2.45, 2.75) is 38.8 Å². The molecule has 0 spiro atoms. The molecule has 0 amide bonds. The Morgan fingerprint density at radius 2 is 2.31 bits per heavy atom. The largest absolute Gasteiger partial charge is 0.388 e. The zero-order valence-corrected chi connectivity index (χ0v) is 10.2. The lowest BCUT2D eigenvalue weighted by Gasteiger charge is -2.20. The molecule has 1 aliphatic rings. The summed E-state index contributed by atoms with van der Waals surface area (Å²) in [7, 11) is 1.95. The number of aromatic nitrogens is 1. The van der Waals surface area contributed by atoms with E-state index >= 15 is 0 Å². The zero-order valence-electron chi connectivity index (χ0n) is 10.2. The second-order valence-corrected chi connectivity index (χ2v) is 4.49. The van der Waals surface area contributed by atoms with Crippen molar-refractivity contribution in [3.63, 3.8) is 0 Å². The molecule has 16 heavy (non-hydrogen) atoms. The first-order chi connectivity index (χ1) is 7.83. The standard InChI is InChI=1S/C13H21N3/c1-3-8-16(13-4-5-13)10-12-9-11(14-2)6-7-15-12/h6-7,9,13H,3-5,8,10H2,1-2H3,(H,14,15). The number of hydrogen-bond donors (Lipinski definition) is 1. The van der Waals surface area contributed by atoms with Crippen LogP contribution in [0.2, 0.25) is 0 Å². The molecular weight excluding hydrogens is 198 g/mol. The molecule has 0 radical (unpaired) electrons. The van der Waals surface area contributed by atoms with Crippen LogP contribution in [0.15, 0.2) is 18.3 Å². The molecule has 1 heterocycles. The normalized spacial score (nSPS) is 15.4. The number of anilines is 1. The Morgan fingerprint density at radius 3 is 2.94 bits per heavy atom. The van der Waals surface area contributed by atoms with Crippen molar-refractivity contribution in [2.24, 2.45) is 0 Å². The molecule has 2 rings (SSSR count). The minimum absolute atomic E-state index is 0.819. The van der Waals surface area contributed by atoms with Crippen molar-refractivity contribution in [3.05, 3.63) is 24.0 Å². The van der Waals surface area contributed by atoms with Crippen LogP contribution in [0.5, 0.6) is 0 Å². The molecule has 3 nitrogen and oxygen atoms in total. The first-order valence-electron chi connectivity index (χ1n) is 6.20. The van der Waals surface area contributed by atoms with Crippen molar-refractivity contribution in [2.75, 3.05) is 18.9 Å². The van der Waals surface area contributed by atoms with E-state index in [2.05, 4.69) is 28.2 Å². The van der Waals surface area contributed by atoms with Gasteiger partial charge >= 0.3 is 0 Å². The van der Waals surface area contributed by atoms with Gasteiger partial charge in [0.05, 0.1) is 5.69 Å². The Morgan fingerprint density at radius 1 is 1.50 bits per heavy atom. The third kappa shape index (κ3) is 2.95. The first kappa shape index (κ1) is 11.4. The molecule has 1 N–H and O–H groups in total. The Hall–Kier alpha value is -1.09. The van der Waals surface area contributed by atoms with Gasteiger partial charge in [0.15, 0.2) is 0 Å². The Balaban J connectivity index is 1.99. The average Bonchev–Trinajstić information content (AvgIpc) is 3.13. The van der Waals surface area contributed by atoms with Crippen molar-refractivity contribution >= 4 is 5.69 Å². The van der Waals surface area contributed by atoms with E-state index < -0.39 is 0 Å². The van der Waals surface area contributed by atoms with E-state index in [9.17, 15) is 0 Å². The van der Waals surface area contributed by atoms with Gasteiger partial charge in [-0.25, -0.2) is 0 Å². The third-order valence-corrected chi connectivity index (χ3v) is 3.04. The van der Waals surface area contributed by atoms with E-state index in [4.69, 9.17) is 0 Å². The third-order valence-electron chi connectivity index (χ3n) is 3.04. The van der Waals surface area contributed by atoms with Gasteiger partial charge in [0.1, 0.15) is 0 Å². The summed E-state index contributed by atoms with van der Waals surface area (Å²) in [5.74, 6) is 0. The smallest absolute Gasteiger partial charge is 0.0564 e. The van der Waals surface area contributed by atoms with Gasteiger partial charge in [0.25, 0.3) is 0 Å². The minimum atomic E-state index is 0.819. The predicted octanol–water partition coefficient (Wildman–Crippen LogP) is 2.50. The fraction of sp³-hybridized carbons (Fsp3) is 0.615. The van der Waals surface area contributed by atoms with Crippen LogP contribution in [0.3, 0.4) is 0 Å². The van der Waals surface area contributed by atoms with Crippen LogP contribution in [-0.4, -0.2) is 29.5 Å². The van der Waals surface area contributed by atoms with E-state index in [-0.39, 0.29) is 0 Å². The predicted molar refractivity (Wildman–Crippen MR) is 67.5 cm³/mol. The van der Waals surface area contributed by atoms with E-state index in [1.54, 1.807) is 0 Å². The Labute approximate surface area is 97.9 Å². The molecule has 0 unspecified atom stereocenters. The van der Waals surface area contributed by atoms with Gasteiger partial charge in [0, 0.05) is 31.5 Å². The van der Waals surface area contributed by atoms with Gasteiger partial charge in [-0.3, -0.25) is 9.88 Å². The van der Waals surface area contributed by atoms with Crippen molar-refractivity contribution < 1.29 is 0 Å². The highest BCUT2D eigenvalue weighted by Gasteiger charge is 2.28. The first-order valence-corrected chi connectivity index (χ1v) is 6.20. The number of nitrogens with zero attached hydrogens (tertiary/aromatic N) is 2. The maximum absolute atomic E-state index is 4.44. The molecule has 1 fully saturated rings. The maximum Gasteiger partial charge on any atom is 0.0564 e. The highest BCUT2D eigenvalue weighted by molar-refractivity contribution is 5.42. The molecule has 3 heteroatoms. The molecular formula is C13H21N3. The number of rotatable bonds is 6. The summed E-state index contributed by atoms with van der Waals surface area (Å²) in [4.78, 5) is 7.00. The van der Waals surface area contributed by atoms with Gasteiger partial charge in [-0.2, -0.15) is 0 Å². The monoisotopic (exact) mass is 219 g/mol. The summed E-state index contributed by atoms with van der Waals surface area (Å²) in [5, 5.41) is 3.16. The Kier molecular flexibility index (Phi) is 3.78. The lowest BCUT2D eigenvalue weighted by Crippen LogP contribution is -2.26. The van der Waals surface area contributed by atoms with Crippen molar-refractivity contribution in [3.8, 4) is 0 Å². The molecule has 0 aromatic carbocycles. The SMILES string of the molecule is CCCN(Cc1cc(NC)ccn1)C1CC1. The number of pyridine rings is 1. The fourth-order valence-electron chi connectivity index (χ4n) is 2.05. The van der Waals surface area contributed by atoms with Crippen LogP contribution in [0.1, 0.15) is 31.9 Å². The fourth-order valence-corrected chi connectivity index (χ4v) is 2.05. The lowest BCUT2D eigenvalue weighted by molar-refractivity contribution is 0.252.